The van der Waals surface area contributed by atoms with Crippen LogP contribution in [0.5, 0.6) is 0 Å². The molecule has 4 nitrogen and oxygen atoms in total. The maximum Gasteiger partial charge on any atom is 0.221 e. The number of carbonyl (C=O) groups is 1. The van der Waals surface area contributed by atoms with Crippen LogP contribution in [0.15, 0.2) is 11.4 Å². The van der Waals surface area contributed by atoms with Crippen molar-refractivity contribution in [2.75, 3.05) is 12.3 Å². The van der Waals surface area contributed by atoms with Crippen molar-refractivity contribution in [2.24, 2.45) is 0 Å². The minimum Gasteiger partial charge on any atom is -0.398 e. The van der Waals surface area contributed by atoms with Crippen LogP contribution in [0.4, 0.5) is 5.69 Å². The highest BCUT2D eigenvalue weighted by molar-refractivity contribution is 7.10. The lowest BCUT2D eigenvalue weighted by Gasteiger charge is -2.20. The molecule has 0 bridgehead atoms. The molecule has 1 heterocycles. The van der Waals surface area contributed by atoms with Gasteiger partial charge in [0.05, 0.1) is 0 Å². The van der Waals surface area contributed by atoms with Gasteiger partial charge in [-0.3, -0.25) is 4.79 Å². The van der Waals surface area contributed by atoms with Crippen molar-refractivity contribution in [1.29, 1.82) is 0 Å². The van der Waals surface area contributed by atoms with Gasteiger partial charge >= 0.3 is 0 Å². The number of nitrogens with two attached hydrogens (primary N) is 1. The molecule has 0 radical (unpaired) electrons. The molecule has 0 aromatic carbocycles. The summed E-state index contributed by atoms with van der Waals surface area (Å²) in [7, 11) is 0. The summed E-state index contributed by atoms with van der Waals surface area (Å²) in [6.45, 7) is 7.32. The van der Waals surface area contributed by atoms with Gasteiger partial charge in [-0.2, -0.15) is 0 Å². The van der Waals surface area contributed by atoms with Crippen LogP contribution in [0.3, 0.4) is 0 Å². The molecule has 0 saturated carbocycles. The van der Waals surface area contributed by atoms with Gasteiger partial charge in [-0.1, -0.05) is 0 Å². The molecule has 1 amide bonds. The molecule has 1 aromatic heterocycles. The van der Waals surface area contributed by atoms with Crippen molar-refractivity contribution < 1.29 is 4.79 Å². The number of thiophene rings is 1. The summed E-state index contributed by atoms with van der Waals surface area (Å²) in [5.41, 5.74) is 6.42. The van der Waals surface area contributed by atoms with Crippen molar-refractivity contribution in [2.45, 2.75) is 39.3 Å². The van der Waals surface area contributed by atoms with Crippen LogP contribution in [0.2, 0.25) is 0 Å². The summed E-state index contributed by atoms with van der Waals surface area (Å²) in [6.07, 6.45) is 0.489. The lowest BCUT2D eigenvalue weighted by Crippen LogP contribution is -2.41. The highest BCUT2D eigenvalue weighted by atomic mass is 32.1. The van der Waals surface area contributed by atoms with E-state index in [0.717, 1.165) is 17.1 Å². The normalized spacial score (nSPS) is 11.5. The Morgan fingerprint density at radius 2 is 2.18 bits per heavy atom. The second-order valence-electron chi connectivity index (χ2n) is 5.02. The molecule has 0 aliphatic rings. The van der Waals surface area contributed by atoms with E-state index >= 15 is 0 Å². The quantitative estimate of drug-likeness (QED) is 0.702. The summed E-state index contributed by atoms with van der Waals surface area (Å²) in [5, 5.41) is 8.11. The standard InChI is InChI=1S/C12H21N3OS/c1-12(2,3)15-11(16)4-6-14-8-10-9(13)5-7-17-10/h5,7,14H,4,6,8,13H2,1-3H3,(H,15,16). The Morgan fingerprint density at radius 1 is 1.47 bits per heavy atom. The van der Waals surface area contributed by atoms with E-state index in [1.807, 2.05) is 32.2 Å². The molecule has 1 aromatic rings. The molecule has 17 heavy (non-hydrogen) atoms. The van der Waals surface area contributed by atoms with Crippen LogP contribution in [0.25, 0.3) is 0 Å². The Balaban J connectivity index is 2.17. The van der Waals surface area contributed by atoms with Crippen LogP contribution in [0, 0.1) is 0 Å². The fourth-order valence-corrected chi connectivity index (χ4v) is 2.15. The van der Waals surface area contributed by atoms with E-state index in [4.69, 9.17) is 5.73 Å². The number of amides is 1. The molecule has 0 unspecified atom stereocenters. The number of nitrogen functional groups attached to an aromatic ring is 1. The fraction of sp³-hybridized carbons (Fsp3) is 0.583. The van der Waals surface area contributed by atoms with Crippen LogP contribution < -0.4 is 16.4 Å². The third kappa shape index (κ3) is 5.70. The minimum absolute atomic E-state index is 0.0733. The number of hydrogen-bond acceptors (Lipinski definition) is 4. The van der Waals surface area contributed by atoms with Gasteiger partial charge in [0.25, 0.3) is 0 Å². The number of rotatable bonds is 5. The van der Waals surface area contributed by atoms with Gasteiger partial charge in [0, 0.05) is 35.6 Å². The van der Waals surface area contributed by atoms with Crippen molar-refractivity contribution in [1.82, 2.24) is 10.6 Å². The van der Waals surface area contributed by atoms with Gasteiger partial charge in [-0.15, -0.1) is 11.3 Å². The fourth-order valence-electron chi connectivity index (χ4n) is 1.38. The Labute approximate surface area is 107 Å². The van der Waals surface area contributed by atoms with Crippen molar-refractivity contribution in [3.63, 3.8) is 0 Å². The monoisotopic (exact) mass is 255 g/mol. The molecular weight excluding hydrogens is 234 g/mol. The predicted molar refractivity (Wildman–Crippen MR) is 73.0 cm³/mol. The lowest BCUT2D eigenvalue weighted by atomic mass is 10.1. The maximum absolute atomic E-state index is 11.5. The average molecular weight is 255 g/mol. The highest BCUT2D eigenvalue weighted by Gasteiger charge is 2.12. The van der Waals surface area contributed by atoms with Gasteiger partial charge in [0.15, 0.2) is 0 Å². The SMILES string of the molecule is CC(C)(C)NC(=O)CCNCc1sccc1N. The van der Waals surface area contributed by atoms with Gasteiger partial charge < -0.3 is 16.4 Å². The summed E-state index contributed by atoms with van der Waals surface area (Å²) < 4.78 is 0. The molecule has 0 atom stereocenters. The molecule has 0 aliphatic heterocycles. The zero-order chi connectivity index (χ0) is 12.9. The average Bonchev–Trinajstić information content (AvgIpc) is 2.56. The Hall–Kier alpha value is -1.07. The smallest absolute Gasteiger partial charge is 0.221 e. The lowest BCUT2D eigenvalue weighted by molar-refractivity contribution is -0.122. The zero-order valence-corrected chi connectivity index (χ0v) is 11.5. The first kappa shape index (κ1) is 14.0. The second-order valence-corrected chi connectivity index (χ2v) is 6.02. The van der Waals surface area contributed by atoms with Gasteiger partial charge in [0.2, 0.25) is 5.91 Å². The Bertz CT molecular complexity index is 368. The first-order valence-corrected chi connectivity index (χ1v) is 6.60. The van der Waals surface area contributed by atoms with Crippen LogP contribution in [-0.4, -0.2) is 18.0 Å². The predicted octanol–water partition coefficient (Wildman–Crippen LogP) is 1.72. The summed E-state index contributed by atoms with van der Waals surface area (Å²) >= 11 is 1.63. The van der Waals surface area contributed by atoms with Crippen molar-refractivity contribution in [3.8, 4) is 0 Å². The second kappa shape index (κ2) is 6.02. The molecule has 0 fully saturated rings. The van der Waals surface area contributed by atoms with Crippen molar-refractivity contribution >= 4 is 22.9 Å². The van der Waals surface area contributed by atoms with E-state index in [0.29, 0.717) is 13.0 Å². The van der Waals surface area contributed by atoms with Crippen LogP contribution in [-0.2, 0) is 11.3 Å². The maximum atomic E-state index is 11.5. The third-order valence-electron chi connectivity index (χ3n) is 2.11. The summed E-state index contributed by atoms with van der Waals surface area (Å²) in [4.78, 5) is 12.6. The van der Waals surface area contributed by atoms with E-state index in [1.54, 1.807) is 11.3 Å². The zero-order valence-electron chi connectivity index (χ0n) is 10.7. The number of nitrogens with one attached hydrogen (secondary N) is 2. The van der Waals surface area contributed by atoms with E-state index in [9.17, 15) is 4.79 Å². The topological polar surface area (TPSA) is 67.2 Å². The first-order chi connectivity index (χ1) is 7.88. The molecule has 4 N–H and O–H groups in total. The molecule has 96 valence electrons. The van der Waals surface area contributed by atoms with E-state index in [1.165, 1.54) is 0 Å². The van der Waals surface area contributed by atoms with Gasteiger partial charge in [0.1, 0.15) is 0 Å². The minimum atomic E-state index is -0.157. The largest absolute Gasteiger partial charge is 0.398 e. The number of hydrogen-bond donors (Lipinski definition) is 3. The molecule has 5 heteroatoms. The molecular formula is C12H21N3OS. The first-order valence-electron chi connectivity index (χ1n) is 5.72. The van der Waals surface area contributed by atoms with E-state index in [2.05, 4.69) is 10.6 Å². The van der Waals surface area contributed by atoms with Crippen molar-refractivity contribution in [3.05, 3.63) is 16.3 Å². The summed E-state index contributed by atoms with van der Waals surface area (Å²) in [5.74, 6) is 0.0733. The van der Waals surface area contributed by atoms with Gasteiger partial charge in [-0.25, -0.2) is 0 Å². The van der Waals surface area contributed by atoms with E-state index < -0.39 is 0 Å². The van der Waals surface area contributed by atoms with E-state index in [-0.39, 0.29) is 11.4 Å². The van der Waals surface area contributed by atoms with Gasteiger partial charge in [-0.05, 0) is 32.2 Å². The van der Waals surface area contributed by atoms with Crippen LogP contribution >= 0.6 is 11.3 Å². The Kier molecular flexibility index (Phi) is 4.96. The molecule has 0 aliphatic carbocycles. The Morgan fingerprint density at radius 3 is 2.71 bits per heavy atom. The molecule has 0 spiro atoms. The number of anilines is 1. The highest BCUT2D eigenvalue weighted by Crippen LogP contribution is 2.17. The third-order valence-corrected chi connectivity index (χ3v) is 3.05. The number of carbonyl (C=O) groups excluding carboxylic acids is 1. The molecule has 1 rings (SSSR count). The van der Waals surface area contributed by atoms with Crippen LogP contribution in [0.1, 0.15) is 32.1 Å². The summed E-state index contributed by atoms with van der Waals surface area (Å²) in [6, 6.07) is 1.90. The molecule has 0 saturated heterocycles.